The quantitative estimate of drug-likeness (QED) is 0.755. The Morgan fingerprint density at radius 1 is 1.06 bits per heavy atom. The molecule has 1 aliphatic rings. The summed E-state index contributed by atoms with van der Waals surface area (Å²) in [6.07, 6.45) is 2.79. The van der Waals surface area contributed by atoms with Gasteiger partial charge in [0.05, 0.1) is 0 Å². The van der Waals surface area contributed by atoms with Crippen molar-refractivity contribution in [2.75, 3.05) is 6.54 Å². The molecule has 1 aromatic rings. The predicted molar refractivity (Wildman–Crippen MR) is 58.2 cm³/mol. The van der Waals surface area contributed by atoms with Crippen LogP contribution in [0.15, 0.2) is 12.1 Å². The fourth-order valence-electron chi connectivity index (χ4n) is 1.93. The lowest BCUT2D eigenvalue weighted by atomic mass is 9.97. The van der Waals surface area contributed by atoms with Crippen LogP contribution in [0.4, 0.5) is 13.2 Å². The lowest BCUT2D eigenvalue weighted by Gasteiger charge is -2.24. The van der Waals surface area contributed by atoms with Gasteiger partial charge in [-0.25, -0.2) is 13.2 Å². The Morgan fingerprint density at radius 3 is 2.44 bits per heavy atom. The zero-order chi connectivity index (χ0) is 10.8. The summed E-state index contributed by atoms with van der Waals surface area (Å²) in [4.78, 5) is 0. The van der Waals surface area contributed by atoms with Crippen molar-refractivity contribution >= 4 is 12.4 Å². The fraction of sp³-hybridized carbons (Fsp3) is 0.455. The van der Waals surface area contributed by atoms with Gasteiger partial charge >= 0.3 is 0 Å². The molecule has 1 nitrogen and oxygen atoms in total. The Hall–Kier alpha value is -0.740. The van der Waals surface area contributed by atoms with Crippen molar-refractivity contribution in [1.29, 1.82) is 0 Å². The Bertz CT molecular complexity index is 364. The number of hydrogen-bond acceptors (Lipinski definition) is 1. The van der Waals surface area contributed by atoms with E-state index in [0.717, 1.165) is 31.9 Å². The van der Waals surface area contributed by atoms with E-state index in [1.54, 1.807) is 0 Å². The SMILES string of the molecule is Cl.Fc1ccc([C@@H]2CCCCN2)c(F)c1F. The first-order chi connectivity index (χ1) is 7.20. The Kier molecular flexibility index (Phi) is 4.62. The van der Waals surface area contributed by atoms with E-state index >= 15 is 0 Å². The molecule has 0 aromatic heterocycles. The van der Waals surface area contributed by atoms with Gasteiger partial charge in [0.1, 0.15) is 0 Å². The van der Waals surface area contributed by atoms with Gasteiger partial charge in [-0.1, -0.05) is 12.5 Å². The highest BCUT2D eigenvalue weighted by Crippen LogP contribution is 2.27. The Morgan fingerprint density at radius 2 is 1.81 bits per heavy atom. The molecule has 0 spiro atoms. The van der Waals surface area contributed by atoms with Crippen molar-refractivity contribution in [2.45, 2.75) is 25.3 Å². The third-order valence-electron chi connectivity index (χ3n) is 2.75. The summed E-state index contributed by atoms with van der Waals surface area (Å²) >= 11 is 0. The van der Waals surface area contributed by atoms with Crippen molar-refractivity contribution < 1.29 is 13.2 Å². The van der Waals surface area contributed by atoms with E-state index in [2.05, 4.69) is 5.32 Å². The molecule has 0 amide bonds. The van der Waals surface area contributed by atoms with Gasteiger partial charge in [0.15, 0.2) is 17.5 Å². The molecular formula is C11H13ClF3N. The van der Waals surface area contributed by atoms with Crippen molar-refractivity contribution in [3.05, 3.63) is 35.1 Å². The first-order valence-electron chi connectivity index (χ1n) is 5.07. The number of halogens is 4. The molecule has 2 rings (SSSR count). The largest absolute Gasteiger partial charge is 0.310 e. The van der Waals surface area contributed by atoms with Crippen LogP contribution in [0, 0.1) is 17.5 Å². The van der Waals surface area contributed by atoms with E-state index in [9.17, 15) is 13.2 Å². The van der Waals surface area contributed by atoms with Crippen LogP contribution in [-0.4, -0.2) is 6.54 Å². The third-order valence-corrected chi connectivity index (χ3v) is 2.75. The summed E-state index contributed by atoms with van der Waals surface area (Å²) in [5, 5.41) is 3.09. The summed E-state index contributed by atoms with van der Waals surface area (Å²) in [5.74, 6) is -3.57. The molecule has 0 saturated carbocycles. The average Bonchev–Trinajstić information content (AvgIpc) is 2.27. The topological polar surface area (TPSA) is 12.0 Å². The second-order valence-electron chi connectivity index (χ2n) is 3.77. The monoisotopic (exact) mass is 251 g/mol. The molecule has 1 N–H and O–H groups in total. The third kappa shape index (κ3) is 2.50. The summed E-state index contributed by atoms with van der Waals surface area (Å²) in [6, 6.07) is 2.11. The van der Waals surface area contributed by atoms with E-state index in [1.165, 1.54) is 6.07 Å². The zero-order valence-electron chi connectivity index (χ0n) is 8.60. The van der Waals surface area contributed by atoms with Crippen LogP contribution in [0.25, 0.3) is 0 Å². The standard InChI is InChI=1S/C11H12F3N.ClH/c12-8-5-4-7(10(13)11(8)14)9-3-1-2-6-15-9;/h4-5,9,15H,1-3,6H2;1H/t9-;/m0./s1. The van der Waals surface area contributed by atoms with Gasteiger partial charge in [-0.3, -0.25) is 0 Å². The predicted octanol–water partition coefficient (Wildman–Crippen LogP) is 3.34. The van der Waals surface area contributed by atoms with Gasteiger partial charge in [-0.2, -0.15) is 0 Å². The van der Waals surface area contributed by atoms with Crippen LogP contribution in [0.3, 0.4) is 0 Å². The van der Waals surface area contributed by atoms with Crippen molar-refractivity contribution in [3.8, 4) is 0 Å². The molecule has 0 radical (unpaired) electrons. The van der Waals surface area contributed by atoms with Crippen LogP contribution in [0.1, 0.15) is 30.9 Å². The zero-order valence-corrected chi connectivity index (χ0v) is 9.42. The molecule has 1 aliphatic heterocycles. The molecule has 90 valence electrons. The van der Waals surface area contributed by atoms with Crippen molar-refractivity contribution in [1.82, 2.24) is 5.32 Å². The minimum atomic E-state index is -1.38. The van der Waals surface area contributed by atoms with Crippen molar-refractivity contribution in [3.63, 3.8) is 0 Å². The molecule has 0 aliphatic carbocycles. The molecule has 1 atom stereocenters. The van der Waals surface area contributed by atoms with E-state index in [4.69, 9.17) is 0 Å². The maximum Gasteiger partial charge on any atom is 0.194 e. The molecule has 1 aromatic carbocycles. The van der Waals surface area contributed by atoms with Gasteiger partial charge in [-0.15, -0.1) is 12.4 Å². The number of nitrogens with one attached hydrogen (secondary N) is 1. The highest BCUT2D eigenvalue weighted by atomic mass is 35.5. The number of piperidine rings is 1. The van der Waals surface area contributed by atoms with Crippen LogP contribution in [0.5, 0.6) is 0 Å². The van der Waals surface area contributed by atoms with Crippen LogP contribution in [-0.2, 0) is 0 Å². The highest BCUT2D eigenvalue weighted by molar-refractivity contribution is 5.85. The molecular weight excluding hydrogens is 239 g/mol. The van der Waals surface area contributed by atoms with E-state index in [-0.39, 0.29) is 24.0 Å². The Balaban J connectivity index is 0.00000128. The minimum absolute atomic E-state index is 0. The number of hydrogen-bond donors (Lipinski definition) is 1. The number of rotatable bonds is 1. The lowest BCUT2D eigenvalue weighted by molar-refractivity contribution is 0.382. The normalized spacial score (nSPS) is 20.3. The van der Waals surface area contributed by atoms with Gasteiger partial charge in [-0.05, 0) is 25.5 Å². The average molecular weight is 252 g/mol. The summed E-state index contributed by atoms with van der Waals surface area (Å²) in [7, 11) is 0. The van der Waals surface area contributed by atoms with Gasteiger partial charge in [0.2, 0.25) is 0 Å². The maximum atomic E-state index is 13.4. The summed E-state index contributed by atoms with van der Waals surface area (Å²) < 4.78 is 39.1. The second kappa shape index (κ2) is 5.55. The lowest BCUT2D eigenvalue weighted by Crippen LogP contribution is -2.27. The van der Waals surface area contributed by atoms with E-state index in [0.29, 0.717) is 0 Å². The molecule has 1 saturated heterocycles. The van der Waals surface area contributed by atoms with E-state index in [1.807, 2.05) is 0 Å². The van der Waals surface area contributed by atoms with E-state index < -0.39 is 17.5 Å². The van der Waals surface area contributed by atoms with Gasteiger partial charge in [0, 0.05) is 11.6 Å². The van der Waals surface area contributed by atoms with Crippen LogP contribution >= 0.6 is 12.4 Å². The summed E-state index contributed by atoms with van der Waals surface area (Å²) in [5.41, 5.74) is 0.230. The minimum Gasteiger partial charge on any atom is -0.310 e. The molecule has 16 heavy (non-hydrogen) atoms. The first kappa shape index (κ1) is 13.3. The molecule has 1 fully saturated rings. The van der Waals surface area contributed by atoms with Crippen LogP contribution < -0.4 is 5.32 Å². The number of benzene rings is 1. The maximum absolute atomic E-state index is 13.4. The van der Waals surface area contributed by atoms with Gasteiger partial charge in [0.25, 0.3) is 0 Å². The second-order valence-corrected chi connectivity index (χ2v) is 3.77. The first-order valence-corrected chi connectivity index (χ1v) is 5.07. The smallest absolute Gasteiger partial charge is 0.194 e. The van der Waals surface area contributed by atoms with Crippen LogP contribution in [0.2, 0.25) is 0 Å². The fourth-order valence-corrected chi connectivity index (χ4v) is 1.93. The van der Waals surface area contributed by atoms with Crippen molar-refractivity contribution in [2.24, 2.45) is 0 Å². The Labute approximate surface area is 98.4 Å². The molecule has 5 heteroatoms. The molecule has 0 bridgehead atoms. The molecule has 1 heterocycles. The molecule has 0 unspecified atom stereocenters. The van der Waals surface area contributed by atoms with Gasteiger partial charge < -0.3 is 5.32 Å². The highest BCUT2D eigenvalue weighted by Gasteiger charge is 2.21. The summed E-state index contributed by atoms with van der Waals surface area (Å²) in [6.45, 7) is 0.795.